The predicted octanol–water partition coefficient (Wildman–Crippen LogP) is 4.12. The molecule has 0 unspecified atom stereocenters. The molecule has 4 aromatic carbocycles. The smallest absolute Gasteiger partial charge is 1.00 e. The third kappa shape index (κ3) is 8.54. The number of H-pyrrole nitrogens is 2. The van der Waals surface area contributed by atoms with Gasteiger partial charge in [-0.15, -0.1) is 0 Å². The molecule has 15 heteroatoms. The van der Waals surface area contributed by atoms with Crippen molar-refractivity contribution in [3.63, 3.8) is 0 Å². The summed E-state index contributed by atoms with van der Waals surface area (Å²) in [6, 6.07) is 33.6. The molecule has 5 heterocycles. The molecule has 0 aliphatic carbocycles. The van der Waals surface area contributed by atoms with Gasteiger partial charge in [0.2, 0.25) is 0 Å². The van der Waals surface area contributed by atoms with Gasteiger partial charge < -0.3 is 55.2 Å². The number of carboxylic acid groups (broad SMARTS) is 4. The SMILES string of the molecule is O=C(O)c1ccc(-c2c3nc(c(-c4ccc(C(=O)O)cc4)c4ccc([nH]4)c(-c4ccc(C(=O)O)cc4)c4nc(c(-c5ccc(C(=O)O)cc5)c5ccc2[nH]5)C=C4)C=C3)cc1.[Cl-].[Cl-].[Cu+2]. The standard InChI is InChI=1S/C48H30N4O8.2ClH.Cu/c53-45(54)29-9-1-25(2-10-29)41-33-17-19-35(49-33)42(26-3-11-30(12-4-26)46(55)56)37-21-23-39(51-37)44(28-7-15-32(16-8-28)48(59)60)40-24-22-38(52-40)43(36-20-18-34(41)50-36)27-5-13-31(14-6-27)47(57)58;;;/h1-24,49,52H,(H,53,54)(H,55,56)(H,57,58)(H,59,60);2*1H;/q;;;+2/p-2. The van der Waals surface area contributed by atoms with Crippen LogP contribution in [0.5, 0.6) is 0 Å². The van der Waals surface area contributed by atoms with E-state index in [1.54, 1.807) is 48.5 Å². The van der Waals surface area contributed by atoms with E-state index in [9.17, 15) is 39.6 Å². The minimum absolute atomic E-state index is 0. The van der Waals surface area contributed by atoms with Crippen LogP contribution in [-0.4, -0.2) is 64.2 Å². The van der Waals surface area contributed by atoms with Gasteiger partial charge in [0.1, 0.15) is 0 Å². The van der Waals surface area contributed by atoms with E-state index in [4.69, 9.17) is 9.97 Å². The topological polar surface area (TPSA) is 207 Å². The third-order valence-corrected chi connectivity index (χ3v) is 10.4. The zero-order valence-corrected chi connectivity index (χ0v) is 34.7. The molecule has 6 N–H and O–H groups in total. The fourth-order valence-electron chi connectivity index (χ4n) is 7.54. The minimum atomic E-state index is -1.06. The van der Waals surface area contributed by atoms with Gasteiger partial charge in [0.15, 0.2) is 0 Å². The molecule has 3 aromatic heterocycles. The zero-order valence-electron chi connectivity index (χ0n) is 32.2. The number of nitrogens with zero attached hydrogens (tertiary/aromatic N) is 2. The number of carboxylic acids is 4. The molecule has 2 aliphatic rings. The van der Waals surface area contributed by atoms with Crippen molar-refractivity contribution in [2.24, 2.45) is 0 Å². The minimum Gasteiger partial charge on any atom is -1.00 e. The molecule has 1 radical (unpaired) electrons. The van der Waals surface area contributed by atoms with Crippen LogP contribution >= 0.6 is 0 Å². The molecule has 0 saturated heterocycles. The van der Waals surface area contributed by atoms with Gasteiger partial charge in [0.05, 0.1) is 45.0 Å². The van der Waals surface area contributed by atoms with E-state index in [-0.39, 0.29) is 64.1 Å². The van der Waals surface area contributed by atoms with Crippen LogP contribution in [0.2, 0.25) is 0 Å². The normalized spacial score (nSPS) is 11.2. The van der Waals surface area contributed by atoms with Crippen molar-refractivity contribution in [1.82, 2.24) is 19.9 Å². The maximum absolute atomic E-state index is 11.8. The number of carbonyl (C=O) groups is 4. The van der Waals surface area contributed by atoms with E-state index in [2.05, 4.69) is 9.97 Å². The van der Waals surface area contributed by atoms with E-state index >= 15 is 0 Å². The fraction of sp³-hybridized carbons (Fsp3) is 0. The first-order valence-corrected chi connectivity index (χ1v) is 18.5. The summed E-state index contributed by atoms with van der Waals surface area (Å²) >= 11 is 0. The molecule has 0 atom stereocenters. The molecular formula is C48H30Cl2CuN4O8. The number of benzene rings is 4. The Morgan fingerprint density at radius 2 is 0.524 bits per heavy atom. The van der Waals surface area contributed by atoms with Crippen molar-refractivity contribution in [1.29, 1.82) is 0 Å². The Kier molecular flexibility index (Phi) is 13.0. The Balaban J connectivity index is 0.00000220. The van der Waals surface area contributed by atoms with Crippen molar-refractivity contribution in [2.75, 3.05) is 0 Å². The van der Waals surface area contributed by atoms with Crippen LogP contribution in [0.25, 0.3) is 90.9 Å². The average Bonchev–Trinajstić information content (AvgIpc) is 4.10. The second kappa shape index (κ2) is 18.2. The molecule has 315 valence electrons. The predicted molar refractivity (Wildman–Crippen MR) is 228 cm³/mol. The summed E-state index contributed by atoms with van der Waals surface area (Å²) in [4.78, 5) is 64.8. The number of hydrogen-bond donors (Lipinski definition) is 6. The molecule has 0 amide bonds. The number of fused-ring (bicyclic) bond motifs is 8. The second-order valence-electron chi connectivity index (χ2n) is 14.0. The van der Waals surface area contributed by atoms with Gasteiger partial charge in [-0.3, -0.25) is 0 Å². The molecule has 63 heavy (non-hydrogen) atoms. The number of aromatic amines is 2. The molecule has 12 nitrogen and oxygen atoms in total. The van der Waals surface area contributed by atoms with Gasteiger partial charge in [-0.2, -0.15) is 0 Å². The van der Waals surface area contributed by atoms with Crippen molar-refractivity contribution < 1.29 is 81.5 Å². The molecule has 0 fully saturated rings. The third-order valence-electron chi connectivity index (χ3n) is 10.4. The quantitative estimate of drug-likeness (QED) is 0.120. The fourth-order valence-corrected chi connectivity index (χ4v) is 7.54. The van der Waals surface area contributed by atoms with Crippen LogP contribution in [-0.2, 0) is 17.1 Å². The number of halogens is 2. The van der Waals surface area contributed by atoms with E-state index in [1.807, 2.05) is 48.6 Å². The van der Waals surface area contributed by atoms with Gasteiger partial charge in [0.25, 0.3) is 0 Å². The summed E-state index contributed by atoms with van der Waals surface area (Å²) in [5.74, 6) is -4.25. The van der Waals surface area contributed by atoms with Gasteiger partial charge in [-0.25, -0.2) is 29.1 Å². The van der Waals surface area contributed by atoms with Gasteiger partial charge in [-0.1, -0.05) is 48.5 Å². The summed E-state index contributed by atoms with van der Waals surface area (Å²) in [5, 5.41) is 38.7. The summed E-state index contributed by atoms with van der Waals surface area (Å²) in [5.41, 5.74) is 10.7. The summed E-state index contributed by atoms with van der Waals surface area (Å²) in [6.45, 7) is 0. The molecule has 9 rings (SSSR count). The molecule has 8 bridgehead atoms. The maximum Gasteiger partial charge on any atom is 2.00 e. The number of hydrogen-bond acceptors (Lipinski definition) is 6. The Morgan fingerprint density at radius 1 is 0.333 bits per heavy atom. The van der Waals surface area contributed by atoms with Crippen LogP contribution in [0.1, 0.15) is 64.2 Å². The molecule has 7 aromatic rings. The summed E-state index contributed by atoms with van der Waals surface area (Å²) in [7, 11) is 0. The van der Waals surface area contributed by atoms with E-state index in [0.29, 0.717) is 89.4 Å². The molecule has 2 aliphatic heterocycles. The maximum atomic E-state index is 11.8. The van der Waals surface area contributed by atoms with Crippen molar-refractivity contribution in [2.45, 2.75) is 0 Å². The summed E-state index contributed by atoms with van der Waals surface area (Å²) in [6.07, 6.45) is 7.47. The Bertz CT molecular complexity index is 2770. The molecular weight excluding hydrogens is 895 g/mol. The second-order valence-corrected chi connectivity index (χ2v) is 14.0. The first-order valence-electron chi connectivity index (χ1n) is 18.5. The number of aromatic carboxylic acids is 4. The van der Waals surface area contributed by atoms with E-state index < -0.39 is 23.9 Å². The monoisotopic (exact) mass is 923 g/mol. The van der Waals surface area contributed by atoms with Crippen molar-refractivity contribution in [3.8, 4) is 44.5 Å². The summed E-state index contributed by atoms with van der Waals surface area (Å²) < 4.78 is 0. The van der Waals surface area contributed by atoms with Crippen molar-refractivity contribution in [3.05, 3.63) is 166 Å². The van der Waals surface area contributed by atoms with E-state index in [1.165, 1.54) is 48.5 Å². The Hall–Kier alpha value is -7.54. The largest absolute Gasteiger partial charge is 2.00 e. The van der Waals surface area contributed by atoms with Gasteiger partial charge in [-0.05, 0) is 119 Å². The Morgan fingerprint density at radius 3 is 0.698 bits per heavy atom. The van der Waals surface area contributed by atoms with Gasteiger partial charge >= 0.3 is 40.9 Å². The van der Waals surface area contributed by atoms with Crippen LogP contribution in [0.3, 0.4) is 0 Å². The first-order chi connectivity index (χ1) is 29.0. The average molecular weight is 925 g/mol. The van der Waals surface area contributed by atoms with Crippen LogP contribution in [0.4, 0.5) is 0 Å². The number of rotatable bonds is 8. The molecule has 0 spiro atoms. The Labute approximate surface area is 380 Å². The van der Waals surface area contributed by atoms with Crippen LogP contribution < -0.4 is 24.8 Å². The van der Waals surface area contributed by atoms with Crippen molar-refractivity contribution >= 4 is 70.2 Å². The number of aromatic nitrogens is 4. The zero-order chi connectivity index (χ0) is 41.7. The van der Waals surface area contributed by atoms with E-state index in [0.717, 1.165) is 0 Å². The van der Waals surface area contributed by atoms with Gasteiger partial charge in [0, 0.05) is 44.3 Å². The number of nitrogens with one attached hydrogen (secondary N) is 2. The molecule has 0 saturated carbocycles. The first kappa shape index (κ1) is 45.0. The van der Waals surface area contributed by atoms with Crippen LogP contribution in [0.15, 0.2) is 121 Å². The van der Waals surface area contributed by atoms with Crippen LogP contribution in [0, 0.1) is 0 Å².